The molecular formula is C10H9ClN2O4. The van der Waals surface area contributed by atoms with Gasteiger partial charge in [-0.2, -0.15) is 0 Å². The molecule has 2 rings (SSSR count). The molecule has 0 saturated carbocycles. The largest absolute Gasteiger partial charge is 0.377 e. The number of benzene rings is 1. The lowest BCUT2D eigenvalue weighted by Gasteiger charge is -2.26. The molecule has 1 aliphatic heterocycles. The molecule has 0 radical (unpaired) electrons. The van der Waals surface area contributed by atoms with Crippen molar-refractivity contribution in [2.75, 3.05) is 13.2 Å². The molecular weight excluding hydrogens is 248 g/mol. The molecule has 1 fully saturated rings. The van der Waals surface area contributed by atoms with Crippen molar-refractivity contribution in [3.63, 3.8) is 0 Å². The summed E-state index contributed by atoms with van der Waals surface area (Å²) in [5, 5.41) is 13.7. The topological polar surface area (TPSA) is 81.5 Å². The monoisotopic (exact) mass is 256 g/mol. The second-order valence-corrected chi connectivity index (χ2v) is 4.06. The summed E-state index contributed by atoms with van der Waals surface area (Å²) in [6, 6.07) is 3.80. The van der Waals surface area contributed by atoms with E-state index in [9.17, 15) is 14.9 Å². The van der Waals surface area contributed by atoms with Crippen molar-refractivity contribution in [3.05, 3.63) is 38.9 Å². The van der Waals surface area contributed by atoms with E-state index in [1.807, 2.05) is 0 Å². The number of nitro benzene ring substituents is 1. The van der Waals surface area contributed by atoms with Gasteiger partial charge in [-0.1, -0.05) is 11.6 Å². The first-order valence-corrected chi connectivity index (χ1v) is 5.28. The molecule has 1 aromatic rings. The van der Waals surface area contributed by atoms with E-state index in [-0.39, 0.29) is 22.3 Å². The second kappa shape index (κ2) is 4.68. The van der Waals surface area contributed by atoms with Gasteiger partial charge >= 0.3 is 0 Å². The van der Waals surface area contributed by atoms with Crippen molar-refractivity contribution in [2.45, 2.75) is 6.04 Å². The lowest BCUT2D eigenvalue weighted by molar-refractivity contribution is -0.385. The summed E-state index contributed by atoms with van der Waals surface area (Å²) in [7, 11) is 0. The highest BCUT2D eigenvalue weighted by Crippen LogP contribution is 2.22. The molecule has 0 unspecified atom stereocenters. The zero-order valence-corrected chi connectivity index (χ0v) is 9.44. The van der Waals surface area contributed by atoms with Crippen LogP contribution in [0.15, 0.2) is 18.2 Å². The quantitative estimate of drug-likeness (QED) is 0.654. The lowest BCUT2D eigenvalue weighted by atomic mass is 10.1. The number of hydrogen-bond acceptors (Lipinski definition) is 4. The maximum atomic E-state index is 11.8. The highest BCUT2D eigenvalue weighted by atomic mass is 35.5. The molecule has 1 aromatic carbocycles. The Morgan fingerprint density at radius 3 is 2.76 bits per heavy atom. The van der Waals surface area contributed by atoms with Gasteiger partial charge in [0.05, 0.1) is 24.2 Å². The summed E-state index contributed by atoms with van der Waals surface area (Å²) >= 11 is 5.72. The van der Waals surface area contributed by atoms with Crippen molar-refractivity contribution >= 4 is 23.2 Å². The third-order valence-electron chi connectivity index (χ3n) is 2.37. The zero-order valence-electron chi connectivity index (χ0n) is 8.68. The van der Waals surface area contributed by atoms with Gasteiger partial charge in [0.2, 0.25) is 0 Å². The predicted octanol–water partition coefficient (Wildman–Crippen LogP) is 1.38. The Labute approximate surface area is 102 Å². The number of ether oxygens (including phenoxy) is 1. The third-order valence-corrected chi connectivity index (χ3v) is 2.61. The van der Waals surface area contributed by atoms with Crippen LogP contribution in [0.2, 0.25) is 5.02 Å². The molecule has 1 heterocycles. The van der Waals surface area contributed by atoms with E-state index in [0.717, 1.165) is 0 Å². The molecule has 0 aromatic heterocycles. The summed E-state index contributed by atoms with van der Waals surface area (Å²) < 4.78 is 4.90. The van der Waals surface area contributed by atoms with Crippen LogP contribution < -0.4 is 5.32 Å². The highest BCUT2D eigenvalue weighted by Gasteiger charge is 2.25. The first-order valence-electron chi connectivity index (χ1n) is 4.90. The van der Waals surface area contributed by atoms with Crippen molar-refractivity contribution in [2.24, 2.45) is 0 Å². The Morgan fingerprint density at radius 1 is 1.53 bits per heavy atom. The molecule has 90 valence electrons. The second-order valence-electron chi connectivity index (χ2n) is 3.63. The fraction of sp³-hybridized carbons (Fsp3) is 0.300. The molecule has 1 aliphatic rings. The lowest BCUT2D eigenvalue weighted by Crippen LogP contribution is -2.48. The van der Waals surface area contributed by atoms with Crippen molar-refractivity contribution in [1.82, 2.24) is 5.32 Å². The summed E-state index contributed by atoms with van der Waals surface area (Å²) in [6.45, 7) is 0.861. The van der Waals surface area contributed by atoms with Crippen LogP contribution in [-0.4, -0.2) is 30.1 Å². The van der Waals surface area contributed by atoms with Crippen LogP contribution in [0.5, 0.6) is 0 Å². The predicted molar refractivity (Wildman–Crippen MR) is 60.2 cm³/mol. The fourth-order valence-electron chi connectivity index (χ4n) is 1.43. The van der Waals surface area contributed by atoms with Crippen LogP contribution >= 0.6 is 11.6 Å². The molecule has 0 spiro atoms. The summed E-state index contributed by atoms with van der Waals surface area (Å²) in [5.41, 5.74) is -0.290. The van der Waals surface area contributed by atoms with Gasteiger partial charge < -0.3 is 10.1 Å². The number of carbonyl (C=O) groups excluding carboxylic acids is 1. The number of carbonyl (C=O) groups is 1. The number of halogens is 1. The Hall–Kier alpha value is -1.66. The minimum absolute atomic E-state index is 0.0330. The number of rotatable bonds is 3. The van der Waals surface area contributed by atoms with Gasteiger partial charge in [-0.05, 0) is 12.1 Å². The number of hydrogen-bond donors (Lipinski definition) is 1. The molecule has 7 heteroatoms. The average Bonchev–Trinajstić information content (AvgIpc) is 2.22. The van der Waals surface area contributed by atoms with Gasteiger partial charge in [-0.3, -0.25) is 14.9 Å². The van der Waals surface area contributed by atoms with Gasteiger partial charge in [0.25, 0.3) is 11.6 Å². The summed E-state index contributed by atoms with van der Waals surface area (Å²) in [6.07, 6.45) is 0. The van der Waals surface area contributed by atoms with Crippen LogP contribution in [0.4, 0.5) is 5.69 Å². The minimum Gasteiger partial charge on any atom is -0.377 e. The smallest absolute Gasteiger partial charge is 0.282 e. The van der Waals surface area contributed by atoms with E-state index in [2.05, 4.69) is 5.32 Å². The normalized spacial score (nSPS) is 15.1. The molecule has 1 amide bonds. The number of amides is 1. The molecule has 0 atom stereocenters. The van der Waals surface area contributed by atoms with E-state index >= 15 is 0 Å². The van der Waals surface area contributed by atoms with Gasteiger partial charge in [-0.15, -0.1) is 0 Å². The van der Waals surface area contributed by atoms with E-state index in [1.54, 1.807) is 0 Å². The van der Waals surface area contributed by atoms with Gasteiger partial charge in [0, 0.05) is 11.1 Å². The van der Waals surface area contributed by atoms with Crippen molar-refractivity contribution in [1.29, 1.82) is 0 Å². The van der Waals surface area contributed by atoms with Crippen LogP contribution in [0.3, 0.4) is 0 Å². The molecule has 0 bridgehead atoms. The van der Waals surface area contributed by atoms with E-state index in [0.29, 0.717) is 13.2 Å². The van der Waals surface area contributed by atoms with Crippen LogP contribution in [0, 0.1) is 10.1 Å². The third kappa shape index (κ3) is 2.54. The molecule has 17 heavy (non-hydrogen) atoms. The fourth-order valence-corrected chi connectivity index (χ4v) is 1.60. The first-order chi connectivity index (χ1) is 8.08. The number of nitrogens with zero attached hydrogens (tertiary/aromatic N) is 1. The van der Waals surface area contributed by atoms with Crippen LogP contribution in [0.25, 0.3) is 0 Å². The summed E-state index contributed by atoms with van der Waals surface area (Å²) in [5.74, 6) is -0.507. The molecule has 1 N–H and O–H groups in total. The van der Waals surface area contributed by atoms with Gasteiger partial charge in [0.15, 0.2) is 0 Å². The van der Waals surface area contributed by atoms with E-state index < -0.39 is 10.8 Å². The Balaban J connectivity index is 2.25. The van der Waals surface area contributed by atoms with Crippen LogP contribution in [0.1, 0.15) is 10.4 Å². The van der Waals surface area contributed by atoms with E-state index in [4.69, 9.17) is 16.3 Å². The Kier molecular flexibility index (Phi) is 3.26. The Bertz CT molecular complexity index is 473. The molecule has 1 saturated heterocycles. The Morgan fingerprint density at radius 2 is 2.24 bits per heavy atom. The summed E-state index contributed by atoms with van der Waals surface area (Å²) in [4.78, 5) is 22.0. The van der Waals surface area contributed by atoms with E-state index in [1.165, 1.54) is 18.2 Å². The maximum Gasteiger partial charge on any atom is 0.282 e. The number of nitro groups is 1. The minimum atomic E-state index is -0.609. The number of nitrogens with one attached hydrogen (secondary N) is 1. The highest BCUT2D eigenvalue weighted by molar-refractivity contribution is 6.31. The standard InChI is InChI=1S/C10H9ClN2O4/c11-6-1-2-9(13(15)16)8(3-6)10(14)12-7-4-17-5-7/h1-3,7H,4-5H2,(H,12,14). The maximum absolute atomic E-state index is 11.8. The average molecular weight is 257 g/mol. The SMILES string of the molecule is O=C(NC1COC1)c1cc(Cl)ccc1[N+](=O)[O-]. The van der Waals surface area contributed by atoms with Crippen LogP contribution in [-0.2, 0) is 4.74 Å². The zero-order chi connectivity index (χ0) is 12.4. The van der Waals surface area contributed by atoms with Crippen molar-refractivity contribution < 1.29 is 14.5 Å². The van der Waals surface area contributed by atoms with Gasteiger partial charge in [0.1, 0.15) is 5.56 Å². The van der Waals surface area contributed by atoms with Crippen molar-refractivity contribution in [3.8, 4) is 0 Å². The molecule has 6 nitrogen and oxygen atoms in total. The molecule has 0 aliphatic carbocycles. The van der Waals surface area contributed by atoms with Gasteiger partial charge in [-0.25, -0.2) is 0 Å². The first kappa shape index (κ1) is 11.8.